The first kappa shape index (κ1) is 7.28. The molecule has 2 atom stereocenters. The molecule has 1 aliphatic rings. The van der Waals surface area contributed by atoms with E-state index in [0.717, 1.165) is 12.8 Å². The smallest absolute Gasteiger partial charge is 0.321 e. The fourth-order valence-corrected chi connectivity index (χ4v) is 1.14. The van der Waals surface area contributed by atoms with Crippen LogP contribution in [-0.4, -0.2) is 17.1 Å². The van der Waals surface area contributed by atoms with Crippen LogP contribution >= 0.6 is 0 Å². The molecule has 1 rings (SSSR count). The molecule has 3 N–H and O–H groups in total. The van der Waals surface area contributed by atoms with Gasteiger partial charge in [0, 0.05) is 5.92 Å². The van der Waals surface area contributed by atoms with E-state index in [2.05, 4.69) is 0 Å². The monoisotopic (exact) mass is 141 g/mol. The van der Waals surface area contributed by atoms with Gasteiger partial charge in [-0.15, -0.1) is 0 Å². The third-order valence-corrected chi connectivity index (χ3v) is 1.80. The van der Waals surface area contributed by atoms with Gasteiger partial charge in [0.25, 0.3) is 0 Å². The average molecular weight is 141 g/mol. The topological polar surface area (TPSA) is 63.3 Å². The Morgan fingerprint density at radius 2 is 2.50 bits per heavy atom. The van der Waals surface area contributed by atoms with Crippen LogP contribution in [0.2, 0.25) is 0 Å². The molecule has 0 aromatic rings. The first-order valence-electron chi connectivity index (χ1n) is 3.37. The summed E-state index contributed by atoms with van der Waals surface area (Å²) in [5.74, 6) is -0.853. The standard InChI is InChI=1S/C7H11NO2/c8-6(7(9)10)5-3-1-2-4-5/h1,3,5-6H,2,4,8H2,(H,9,10)/t5?,6-/m0/s1. The molecule has 0 heterocycles. The normalized spacial score (nSPS) is 26.7. The first-order chi connectivity index (χ1) is 4.72. The zero-order valence-electron chi connectivity index (χ0n) is 5.66. The maximum Gasteiger partial charge on any atom is 0.321 e. The van der Waals surface area contributed by atoms with Gasteiger partial charge in [-0.05, 0) is 12.8 Å². The van der Waals surface area contributed by atoms with Crippen LogP contribution in [0.4, 0.5) is 0 Å². The summed E-state index contributed by atoms with van der Waals surface area (Å²) >= 11 is 0. The molecule has 0 saturated heterocycles. The van der Waals surface area contributed by atoms with Crippen molar-refractivity contribution in [3.8, 4) is 0 Å². The number of nitrogens with two attached hydrogens (primary N) is 1. The van der Waals surface area contributed by atoms with Gasteiger partial charge in [-0.1, -0.05) is 12.2 Å². The van der Waals surface area contributed by atoms with Crippen LogP contribution in [0, 0.1) is 5.92 Å². The molecule has 0 fully saturated rings. The average Bonchev–Trinajstić information content (AvgIpc) is 2.36. The molecule has 0 bridgehead atoms. The van der Waals surface area contributed by atoms with E-state index >= 15 is 0 Å². The Morgan fingerprint density at radius 1 is 1.80 bits per heavy atom. The summed E-state index contributed by atoms with van der Waals surface area (Å²) in [6.45, 7) is 0. The van der Waals surface area contributed by atoms with Crippen molar-refractivity contribution in [3.05, 3.63) is 12.2 Å². The number of allylic oxidation sites excluding steroid dienone is 1. The minimum absolute atomic E-state index is 0.0532. The zero-order chi connectivity index (χ0) is 7.56. The molecule has 0 amide bonds. The van der Waals surface area contributed by atoms with Crippen molar-refractivity contribution < 1.29 is 9.90 Å². The maximum atomic E-state index is 10.3. The van der Waals surface area contributed by atoms with Crippen LogP contribution in [0.25, 0.3) is 0 Å². The van der Waals surface area contributed by atoms with Gasteiger partial charge in [0.2, 0.25) is 0 Å². The van der Waals surface area contributed by atoms with Gasteiger partial charge in [0.15, 0.2) is 0 Å². The summed E-state index contributed by atoms with van der Waals surface area (Å²) in [6.07, 6.45) is 5.71. The SMILES string of the molecule is N[C@H](C(=O)O)C1C=CCC1. The Morgan fingerprint density at radius 3 is 2.90 bits per heavy atom. The second-order valence-corrected chi connectivity index (χ2v) is 2.53. The number of hydrogen-bond acceptors (Lipinski definition) is 2. The van der Waals surface area contributed by atoms with Crippen LogP contribution in [0.5, 0.6) is 0 Å². The highest BCUT2D eigenvalue weighted by Gasteiger charge is 2.23. The van der Waals surface area contributed by atoms with E-state index in [4.69, 9.17) is 10.8 Å². The van der Waals surface area contributed by atoms with E-state index in [1.807, 2.05) is 12.2 Å². The molecule has 0 spiro atoms. The molecule has 56 valence electrons. The van der Waals surface area contributed by atoms with Crippen LogP contribution in [-0.2, 0) is 4.79 Å². The molecular formula is C7H11NO2. The third kappa shape index (κ3) is 1.36. The van der Waals surface area contributed by atoms with Crippen LogP contribution < -0.4 is 5.73 Å². The lowest BCUT2D eigenvalue weighted by atomic mass is 10.0. The van der Waals surface area contributed by atoms with Crippen molar-refractivity contribution in [2.45, 2.75) is 18.9 Å². The van der Waals surface area contributed by atoms with Crippen molar-refractivity contribution >= 4 is 5.97 Å². The minimum Gasteiger partial charge on any atom is -0.480 e. The molecule has 0 aromatic carbocycles. The molecule has 1 unspecified atom stereocenters. The highest BCUT2D eigenvalue weighted by Crippen LogP contribution is 2.19. The van der Waals surface area contributed by atoms with Crippen LogP contribution in [0.1, 0.15) is 12.8 Å². The van der Waals surface area contributed by atoms with E-state index in [9.17, 15) is 4.79 Å². The predicted molar refractivity (Wildman–Crippen MR) is 37.5 cm³/mol. The lowest BCUT2D eigenvalue weighted by Crippen LogP contribution is -2.36. The number of rotatable bonds is 2. The molecule has 0 radical (unpaired) electrons. The Hall–Kier alpha value is -0.830. The van der Waals surface area contributed by atoms with Crippen molar-refractivity contribution in [3.63, 3.8) is 0 Å². The summed E-state index contributed by atoms with van der Waals surface area (Å²) in [7, 11) is 0. The number of carbonyl (C=O) groups is 1. The van der Waals surface area contributed by atoms with Crippen LogP contribution in [0.15, 0.2) is 12.2 Å². The molecule has 0 aliphatic heterocycles. The van der Waals surface area contributed by atoms with Crippen molar-refractivity contribution in [2.75, 3.05) is 0 Å². The molecule has 1 aliphatic carbocycles. The number of aliphatic carboxylic acids is 1. The fraction of sp³-hybridized carbons (Fsp3) is 0.571. The summed E-state index contributed by atoms with van der Waals surface area (Å²) in [4.78, 5) is 10.3. The zero-order valence-corrected chi connectivity index (χ0v) is 5.66. The number of hydrogen-bond donors (Lipinski definition) is 2. The summed E-state index contributed by atoms with van der Waals surface area (Å²) in [6, 6.07) is -0.709. The lowest BCUT2D eigenvalue weighted by molar-refractivity contribution is -0.139. The van der Waals surface area contributed by atoms with Gasteiger partial charge < -0.3 is 10.8 Å². The third-order valence-electron chi connectivity index (χ3n) is 1.80. The summed E-state index contributed by atoms with van der Waals surface area (Å²) in [5, 5.41) is 8.48. The van der Waals surface area contributed by atoms with Gasteiger partial charge in [-0.2, -0.15) is 0 Å². The molecule has 0 aromatic heterocycles. The maximum absolute atomic E-state index is 10.3. The van der Waals surface area contributed by atoms with E-state index in [1.165, 1.54) is 0 Å². The second-order valence-electron chi connectivity index (χ2n) is 2.53. The molecule has 0 saturated carbocycles. The highest BCUT2D eigenvalue weighted by molar-refractivity contribution is 5.73. The fourth-order valence-electron chi connectivity index (χ4n) is 1.14. The van der Waals surface area contributed by atoms with Crippen molar-refractivity contribution in [1.29, 1.82) is 0 Å². The second kappa shape index (κ2) is 2.84. The van der Waals surface area contributed by atoms with Crippen molar-refractivity contribution in [1.82, 2.24) is 0 Å². The van der Waals surface area contributed by atoms with E-state index in [-0.39, 0.29) is 5.92 Å². The number of carboxylic acid groups (broad SMARTS) is 1. The summed E-state index contributed by atoms with van der Waals surface area (Å²) in [5.41, 5.74) is 5.37. The van der Waals surface area contributed by atoms with Gasteiger partial charge in [0.05, 0.1) is 0 Å². The van der Waals surface area contributed by atoms with Gasteiger partial charge in [-0.25, -0.2) is 0 Å². The number of carboxylic acids is 1. The molecular weight excluding hydrogens is 130 g/mol. The lowest BCUT2D eigenvalue weighted by Gasteiger charge is -2.11. The molecule has 3 nitrogen and oxygen atoms in total. The van der Waals surface area contributed by atoms with Crippen molar-refractivity contribution in [2.24, 2.45) is 11.7 Å². The Labute approximate surface area is 59.5 Å². The molecule has 3 heteroatoms. The van der Waals surface area contributed by atoms with Gasteiger partial charge >= 0.3 is 5.97 Å². The Bertz CT molecular complexity index is 165. The first-order valence-corrected chi connectivity index (χ1v) is 3.37. The van der Waals surface area contributed by atoms with E-state index in [1.54, 1.807) is 0 Å². The predicted octanol–water partition coefficient (Wildman–Crippen LogP) is 0.364. The Balaban J connectivity index is 2.48. The largest absolute Gasteiger partial charge is 0.480 e. The van der Waals surface area contributed by atoms with Gasteiger partial charge in [-0.3, -0.25) is 4.79 Å². The van der Waals surface area contributed by atoms with E-state index in [0.29, 0.717) is 0 Å². The quantitative estimate of drug-likeness (QED) is 0.546. The highest BCUT2D eigenvalue weighted by atomic mass is 16.4. The Kier molecular flexibility index (Phi) is 2.06. The molecule has 10 heavy (non-hydrogen) atoms. The minimum atomic E-state index is -0.906. The van der Waals surface area contributed by atoms with Crippen LogP contribution in [0.3, 0.4) is 0 Å². The van der Waals surface area contributed by atoms with Gasteiger partial charge in [0.1, 0.15) is 6.04 Å². The van der Waals surface area contributed by atoms with E-state index < -0.39 is 12.0 Å². The summed E-state index contributed by atoms with van der Waals surface area (Å²) < 4.78 is 0.